The number of rotatable bonds is 8. The molecule has 27 heavy (non-hydrogen) atoms. The largest absolute Gasteiger partial charge is 0.357 e. The van der Waals surface area contributed by atoms with Crippen LogP contribution in [-0.4, -0.2) is 73.7 Å². The lowest BCUT2D eigenvalue weighted by Gasteiger charge is -2.35. The normalized spacial score (nSPS) is 26.5. The van der Waals surface area contributed by atoms with Crippen LogP contribution in [-0.2, 0) is 0 Å². The average Bonchev–Trinajstić information content (AvgIpc) is 2.61. The van der Waals surface area contributed by atoms with Crippen molar-refractivity contribution >= 4 is 5.96 Å². The van der Waals surface area contributed by atoms with E-state index in [0.29, 0.717) is 12.1 Å². The zero-order valence-electron chi connectivity index (χ0n) is 18.6. The van der Waals surface area contributed by atoms with Gasteiger partial charge < -0.3 is 20.4 Å². The minimum Gasteiger partial charge on any atom is -0.357 e. The van der Waals surface area contributed by atoms with Crippen LogP contribution in [0.4, 0.5) is 0 Å². The lowest BCUT2D eigenvalue weighted by molar-refractivity contribution is 0.139. The van der Waals surface area contributed by atoms with Crippen molar-refractivity contribution in [1.29, 1.82) is 0 Å². The number of guanidine groups is 1. The third-order valence-electron chi connectivity index (χ3n) is 6.04. The Kier molecular flexibility index (Phi) is 9.91. The van der Waals surface area contributed by atoms with Crippen molar-refractivity contribution in [3.63, 3.8) is 0 Å². The molecule has 0 aromatic heterocycles. The molecule has 5 heteroatoms. The van der Waals surface area contributed by atoms with Gasteiger partial charge in [0, 0.05) is 51.4 Å². The van der Waals surface area contributed by atoms with Crippen molar-refractivity contribution in [2.45, 2.75) is 78.8 Å². The van der Waals surface area contributed by atoms with Crippen molar-refractivity contribution in [3.8, 4) is 0 Å². The average molecular weight is 380 g/mol. The Balaban J connectivity index is 1.66. The molecule has 158 valence electrons. The molecule has 2 fully saturated rings. The van der Waals surface area contributed by atoms with Gasteiger partial charge in [0.25, 0.3) is 0 Å². The molecule has 2 atom stereocenters. The highest BCUT2D eigenvalue weighted by Gasteiger charge is 2.22. The maximum atomic E-state index is 4.84. The van der Waals surface area contributed by atoms with Gasteiger partial charge in [-0.05, 0) is 71.3 Å². The number of nitrogens with zero attached hydrogens (tertiary/aromatic N) is 3. The third kappa shape index (κ3) is 8.39. The van der Waals surface area contributed by atoms with E-state index < -0.39 is 0 Å². The van der Waals surface area contributed by atoms with Crippen LogP contribution in [0.25, 0.3) is 0 Å². The molecule has 2 N–H and O–H groups in total. The lowest BCUT2D eigenvalue weighted by Crippen LogP contribution is -2.49. The Morgan fingerprint density at radius 3 is 2.33 bits per heavy atom. The van der Waals surface area contributed by atoms with Gasteiger partial charge in [-0.3, -0.25) is 4.99 Å². The number of nitrogens with one attached hydrogen (secondary N) is 2. The zero-order valence-corrected chi connectivity index (χ0v) is 18.6. The van der Waals surface area contributed by atoms with Crippen molar-refractivity contribution in [3.05, 3.63) is 0 Å². The quantitative estimate of drug-likeness (QED) is 0.386. The first kappa shape index (κ1) is 22.5. The minimum atomic E-state index is 0.564. The first-order chi connectivity index (χ1) is 13.0. The Bertz CT molecular complexity index is 418. The fourth-order valence-electron chi connectivity index (χ4n) is 4.69. The van der Waals surface area contributed by atoms with Crippen LogP contribution in [0.2, 0.25) is 0 Å². The van der Waals surface area contributed by atoms with Gasteiger partial charge >= 0.3 is 0 Å². The fraction of sp³-hybridized carbons (Fsp3) is 0.955. The SMILES string of the molecule is CCNC(=NCCCCN1CC(C)CC(C)C1)NC1CCN(C(C)C)CC1. The highest BCUT2D eigenvalue weighted by atomic mass is 15.2. The molecule has 0 aromatic rings. The fourth-order valence-corrected chi connectivity index (χ4v) is 4.69. The van der Waals surface area contributed by atoms with Gasteiger partial charge in [-0.15, -0.1) is 0 Å². The van der Waals surface area contributed by atoms with E-state index in [9.17, 15) is 0 Å². The lowest BCUT2D eigenvalue weighted by atomic mass is 9.92. The van der Waals surface area contributed by atoms with E-state index in [1.165, 1.54) is 64.8 Å². The summed E-state index contributed by atoms with van der Waals surface area (Å²) in [6, 6.07) is 1.23. The maximum absolute atomic E-state index is 4.84. The second-order valence-electron chi connectivity index (χ2n) is 9.22. The van der Waals surface area contributed by atoms with Gasteiger partial charge in [0.15, 0.2) is 5.96 Å². The first-order valence-corrected chi connectivity index (χ1v) is 11.5. The van der Waals surface area contributed by atoms with E-state index in [4.69, 9.17) is 4.99 Å². The molecule has 0 radical (unpaired) electrons. The second-order valence-corrected chi connectivity index (χ2v) is 9.22. The molecule has 2 unspecified atom stereocenters. The Labute approximate surface area is 168 Å². The van der Waals surface area contributed by atoms with Gasteiger partial charge in [0.1, 0.15) is 0 Å². The van der Waals surface area contributed by atoms with E-state index in [-0.39, 0.29) is 0 Å². The molecule has 2 heterocycles. The third-order valence-corrected chi connectivity index (χ3v) is 6.04. The summed E-state index contributed by atoms with van der Waals surface area (Å²) < 4.78 is 0. The molecule has 2 aliphatic rings. The molecular formula is C22H45N5. The molecule has 0 aliphatic carbocycles. The molecule has 2 rings (SSSR count). The van der Waals surface area contributed by atoms with E-state index in [0.717, 1.165) is 30.9 Å². The first-order valence-electron chi connectivity index (χ1n) is 11.5. The van der Waals surface area contributed by atoms with Gasteiger partial charge in [-0.2, -0.15) is 0 Å². The number of piperidine rings is 2. The molecule has 0 amide bonds. The van der Waals surface area contributed by atoms with Crippen LogP contribution in [0.1, 0.15) is 66.7 Å². The topological polar surface area (TPSA) is 42.9 Å². The summed E-state index contributed by atoms with van der Waals surface area (Å²) in [5.41, 5.74) is 0. The monoisotopic (exact) mass is 379 g/mol. The van der Waals surface area contributed by atoms with E-state index in [1.807, 2.05) is 0 Å². The smallest absolute Gasteiger partial charge is 0.191 e. The molecule has 2 aliphatic heterocycles. The van der Waals surface area contributed by atoms with Crippen molar-refractivity contribution in [2.75, 3.05) is 45.8 Å². The molecule has 5 nitrogen and oxygen atoms in total. The van der Waals surface area contributed by atoms with Gasteiger partial charge in [0.05, 0.1) is 0 Å². The molecule has 0 bridgehead atoms. The summed E-state index contributed by atoms with van der Waals surface area (Å²) in [6.07, 6.45) is 6.27. The maximum Gasteiger partial charge on any atom is 0.191 e. The van der Waals surface area contributed by atoms with Gasteiger partial charge in [0.2, 0.25) is 0 Å². The standard InChI is InChI=1S/C22H45N5/c1-6-23-22(25-21-9-13-27(14-10-21)18(2)3)24-11-7-8-12-26-16-19(4)15-20(5)17-26/h18-21H,6-17H2,1-5H3,(H2,23,24,25). The minimum absolute atomic E-state index is 0.564. The number of unbranched alkanes of at least 4 members (excludes halogenated alkanes) is 1. The molecular weight excluding hydrogens is 334 g/mol. The summed E-state index contributed by atoms with van der Waals surface area (Å²) in [7, 11) is 0. The van der Waals surface area contributed by atoms with Crippen LogP contribution in [0.5, 0.6) is 0 Å². The predicted octanol–water partition coefficient (Wildman–Crippen LogP) is 3.17. The summed E-state index contributed by atoms with van der Waals surface area (Å²) in [4.78, 5) is 10.1. The highest BCUT2D eigenvalue weighted by molar-refractivity contribution is 5.80. The second kappa shape index (κ2) is 11.9. The van der Waals surface area contributed by atoms with Crippen LogP contribution in [0.15, 0.2) is 4.99 Å². The van der Waals surface area contributed by atoms with Gasteiger partial charge in [-0.25, -0.2) is 0 Å². The van der Waals surface area contributed by atoms with Crippen molar-refractivity contribution < 1.29 is 0 Å². The summed E-state index contributed by atoms with van der Waals surface area (Å²) in [5.74, 6) is 2.73. The summed E-state index contributed by atoms with van der Waals surface area (Å²) in [6.45, 7) is 19.6. The van der Waals surface area contributed by atoms with Crippen LogP contribution in [0.3, 0.4) is 0 Å². The molecule has 0 spiro atoms. The number of likely N-dealkylation sites (tertiary alicyclic amines) is 2. The summed E-state index contributed by atoms with van der Waals surface area (Å²) >= 11 is 0. The Morgan fingerprint density at radius 1 is 1.07 bits per heavy atom. The number of hydrogen-bond donors (Lipinski definition) is 2. The Morgan fingerprint density at radius 2 is 1.74 bits per heavy atom. The zero-order chi connectivity index (χ0) is 19.6. The van der Waals surface area contributed by atoms with E-state index >= 15 is 0 Å². The summed E-state index contributed by atoms with van der Waals surface area (Å²) in [5, 5.41) is 7.10. The number of aliphatic imine (C=N–C) groups is 1. The highest BCUT2D eigenvalue weighted by Crippen LogP contribution is 2.21. The van der Waals surface area contributed by atoms with Crippen LogP contribution < -0.4 is 10.6 Å². The molecule has 0 aromatic carbocycles. The van der Waals surface area contributed by atoms with E-state index in [1.54, 1.807) is 0 Å². The van der Waals surface area contributed by atoms with Gasteiger partial charge in [-0.1, -0.05) is 13.8 Å². The van der Waals surface area contributed by atoms with Crippen molar-refractivity contribution in [2.24, 2.45) is 16.8 Å². The number of hydrogen-bond acceptors (Lipinski definition) is 3. The van der Waals surface area contributed by atoms with Crippen molar-refractivity contribution in [1.82, 2.24) is 20.4 Å². The molecule has 0 saturated carbocycles. The van der Waals surface area contributed by atoms with Crippen LogP contribution in [0, 0.1) is 11.8 Å². The van der Waals surface area contributed by atoms with E-state index in [2.05, 4.69) is 55.1 Å². The van der Waals surface area contributed by atoms with Crippen LogP contribution >= 0.6 is 0 Å². The molecule has 2 saturated heterocycles. The predicted molar refractivity (Wildman–Crippen MR) is 117 cm³/mol. The Hall–Kier alpha value is -0.810.